The van der Waals surface area contributed by atoms with E-state index in [-0.39, 0.29) is 0 Å². The summed E-state index contributed by atoms with van der Waals surface area (Å²) in [5.41, 5.74) is 10.1. The number of rotatable bonds is 6. The molecule has 0 unspecified atom stereocenters. The lowest BCUT2D eigenvalue weighted by molar-refractivity contribution is 0.416. The van der Waals surface area contributed by atoms with Gasteiger partial charge in [-0.1, -0.05) is 23.7 Å². The molecule has 0 aliphatic carbocycles. The lowest BCUT2D eigenvalue weighted by atomic mass is 10.00. The maximum atomic E-state index is 6.24. The number of aromatic nitrogens is 1. The zero-order valence-corrected chi connectivity index (χ0v) is 15.9. The Morgan fingerprint density at radius 3 is 2.79 bits per heavy atom. The highest BCUT2D eigenvalue weighted by molar-refractivity contribution is 9.10. The van der Waals surface area contributed by atoms with Crippen LogP contribution >= 0.6 is 27.5 Å². The number of nitrogens with two attached hydrogens (primary N) is 1. The van der Waals surface area contributed by atoms with Gasteiger partial charge in [0, 0.05) is 20.4 Å². The van der Waals surface area contributed by atoms with Crippen molar-refractivity contribution in [3.8, 4) is 17.0 Å². The average Bonchev–Trinajstić information content (AvgIpc) is 2.95. The van der Waals surface area contributed by atoms with Crippen molar-refractivity contribution in [2.24, 2.45) is 5.73 Å². The summed E-state index contributed by atoms with van der Waals surface area (Å²) >= 11 is 9.88. The van der Waals surface area contributed by atoms with E-state index >= 15 is 0 Å². The van der Waals surface area contributed by atoms with Crippen molar-refractivity contribution >= 4 is 38.4 Å². The highest BCUT2D eigenvalue weighted by atomic mass is 79.9. The first-order chi connectivity index (χ1) is 11.7. The molecule has 0 amide bonds. The third kappa shape index (κ3) is 3.32. The van der Waals surface area contributed by atoms with Crippen molar-refractivity contribution in [3.05, 3.63) is 51.5 Å². The summed E-state index contributed by atoms with van der Waals surface area (Å²) in [7, 11) is 1.68. The molecule has 0 atom stereocenters. The van der Waals surface area contributed by atoms with E-state index in [4.69, 9.17) is 22.1 Å². The number of unbranched alkanes of at least 4 members (excludes halogenated alkanes) is 1. The lowest BCUT2D eigenvalue weighted by Gasteiger charge is -2.10. The highest BCUT2D eigenvalue weighted by Crippen LogP contribution is 2.39. The molecule has 2 aromatic carbocycles. The van der Waals surface area contributed by atoms with E-state index < -0.39 is 0 Å². The second kappa shape index (κ2) is 7.60. The number of benzene rings is 2. The molecule has 0 spiro atoms. The van der Waals surface area contributed by atoms with Crippen LogP contribution in [0.5, 0.6) is 5.75 Å². The molecule has 5 heteroatoms. The van der Waals surface area contributed by atoms with Gasteiger partial charge in [0.05, 0.1) is 18.3 Å². The van der Waals surface area contributed by atoms with Gasteiger partial charge in [-0.2, -0.15) is 0 Å². The summed E-state index contributed by atoms with van der Waals surface area (Å²) in [5.74, 6) is 0.808. The highest BCUT2D eigenvalue weighted by Gasteiger charge is 2.17. The molecule has 3 N–H and O–H groups in total. The normalized spacial score (nSPS) is 11.2. The minimum absolute atomic E-state index is 0.691. The fourth-order valence-electron chi connectivity index (χ4n) is 3.05. The van der Waals surface area contributed by atoms with Crippen LogP contribution in [0.1, 0.15) is 18.4 Å². The molecule has 0 saturated heterocycles. The predicted molar refractivity (Wildman–Crippen MR) is 105 cm³/mol. The number of nitrogens with one attached hydrogen (secondary N) is 1. The smallest absolute Gasteiger partial charge is 0.128 e. The molecule has 0 radical (unpaired) electrons. The fourth-order valence-corrected chi connectivity index (χ4v) is 3.69. The quantitative estimate of drug-likeness (QED) is 0.527. The van der Waals surface area contributed by atoms with E-state index in [0.29, 0.717) is 11.6 Å². The molecule has 3 rings (SSSR count). The van der Waals surface area contributed by atoms with Gasteiger partial charge in [0.15, 0.2) is 0 Å². The number of halogens is 2. The largest absolute Gasteiger partial charge is 0.496 e. The molecule has 3 nitrogen and oxygen atoms in total. The van der Waals surface area contributed by atoms with Gasteiger partial charge >= 0.3 is 0 Å². The van der Waals surface area contributed by atoms with Crippen molar-refractivity contribution in [3.63, 3.8) is 0 Å². The lowest BCUT2D eigenvalue weighted by Crippen LogP contribution is -1.99. The Hall–Kier alpha value is -1.49. The molecule has 3 aromatic rings. The molecule has 1 heterocycles. The Kier molecular flexibility index (Phi) is 5.49. The summed E-state index contributed by atoms with van der Waals surface area (Å²) in [4.78, 5) is 3.56. The first kappa shape index (κ1) is 17.3. The van der Waals surface area contributed by atoms with Crippen LogP contribution in [-0.2, 0) is 6.42 Å². The number of fused-ring (bicyclic) bond motifs is 1. The molecule has 0 aliphatic rings. The second-order valence-electron chi connectivity index (χ2n) is 5.73. The Morgan fingerprint density at radius 2 is 2.04 bits per heavy atom. The first-order valence-corrected chi connectivity index (χ1v) is 9.16. The molecule has 126 valence electrons. The van der Waals surface area contributed by atoms with Crippen molar-refractivity contribution in [1.29, 1.82) is 0 Å². The van der Waals surface area contributed by atoms with E-state index in [1.807, 2.05) is 24.3 Å². The summed E-state index contributed by atoms with van der Waals surface area (Å²) in [6.07, 6.45) is 3.01. The predicted octanol–water partition coefficient (Wildman–Crippen LogP) is 5.54. The summed E-state index contributed by atoms with van der Waals surface area (Å²) in [6.45, 7) is 0.710. The number of H-pyrrole nitrogens is 1. The van der Waals surface area contributed by atoms with Crippen LogP contribution in [0.25, 0.3) is 22.2 Å². The Morgan fingerprint density at radius 1 is 1.21 bits per heavy atom. The number of aryl methyl sites for hydroxylation is 1. The Balaban J connectivity index is 2.21. The SMILES string of the molecule is COc1ccc(Cl)cc1-c1[nH]c2c(Br)cccc2c1CCCCN. The van der Waals surface area contributed by atoms with Gasteiger partial charge in [-0.3, -0.25) is 0 Å². The maximum absolute atomic E-state index is 6.24. The third-order valence-corrected chi connectivity index (χ3v) is 5.10. The topological polar surface area (TPSA) is 51.0 Å². The van der Waals surface area contributed by atoms with Gasteiger partial charge in [-0.15, -0.1) is 0 Å². The fraction of sp³-hybridized carbons (Fsp3) is 0.263. The van der Waals surface area contributed by atoms with E-state index in [1.165, 1.54) is 10.9 Å². The van der Waals surface area contributed by atoms with E-state index in [1.54, 1.807) is 7.11 Å². The molecule has 0 aliphatic heterocycles. The summed E-state index contributed by atoms with van der Waals surface area (Å²) in [6, 6.07) is 12.0. The molecular weight excluding hydrogens is 388 g/mol. The monoisotopic (exact) mass is 406 g/mol. The molecule has 24 heavy (non-hydrogen) atoms. The van der Waals surface area contributed by atoms with Gasteiger partial charge in [0.1, 0.15) is 5.75 Å². The van der Waals surface area contributed by atoms with Crippen LogP contribution in [0.15, 0.2) is 40.9 Å². The number of hydrogen-bond acceptors (Lipinski definition) is 2. The van der Waals surface area contributed by atoms with Crippen LogP contribution < -0.4 is 10.5 Å². The number of aromatic amines is 1. The zero-order valence-electron chi connectivity index (χ0n) is 13.5. The van der Waals surface area contributed by atoms with Gasteiger partial charge in [-0.05, 0) is 71.6 Å². The Bertz CT molecular complexity index is 860. The van der Waals surface area contributed by atoms with Crippen LogP contribution in [0, 0.1) is 0 Å². The molecule has 0 bridgehead atoms. The first-order valence-electron chi connectivity index (χ1n) is 7.98. The van der Waals surface area contributed by atoms with Gasteiger partial charge in [0.2, 0.25) is 0 Å². The molecule has 0 saturated carbocycles. The van der Waals surface area contributed by atoms with E-state index in [0.717, 1.165) is 46.3 Å². The van der Waals surface area contributed by atoms with Crippen molar-refractivity contribution in [2.45, 2.75) is 19.3 Å². The number of ether oxygens (including phenoxy) is 1. The second-order valence-corrected chi connectivity index (χ2v) is 7.02. The van der Waals surface area contributed by atoms with E-state index in [2.05, 4.69) is 33.0 Å². The zero-order chi connectivity index (χ0) is 17.1. The van der Waals surface area contributed by atoms with Crippen molar-refractivity contribution in [2.75, 3.05) is 13.7 Å². The minimum atomic E-state index is 0.691. The van der Waals surface area contributed by atoms with Crippen LogP contribution in [0.4, 0.5) is 0 Å². The number of para-hydroxylation sites is 1. The summed E-state index contributed by atoms with van der Waals surface area (Å²) < 4.78 is 6.60. The van der Waals surface area contributed by atoms with Crippen molar-refractivity contribution in [1.82, 2.24) is 4.98 Å². The average molecular weight is 408 g/mol. The minimum Gasteiger partial charge on any atom is -0.496 e. The molecular formula is C19H20BrClN2O. The van der Waals surface area contributed by atoms with Crippen molar-refractivity contribution < 1.29 is 4.74 Å². The summed E-state index contributed by atoms with van der Waals surface area (Å²) in [5, 5.41) is 1.91. The van der Waals surface area contributed by atoms with E-state index in [9.17, 15) is 0 Å². The van der Waals surface area contributed by atoms with Gasteiger partial charge in [-0.25, -0.2) is 0 Å². The third-order valence-electron chi connectivity index (χ3n) is 4.20. The maximum Gasteiger partial charge on any atom is 0.128 e. The Labute approximate surface area is 155 Å². The molecule has 0 fully saturated rings. The number of methoxy groups -OCH3 is 1. The molecule has 1 aromatic heterocycles. The van der Waals surface area contributed by atoms with Crippen LogP contribution in [0.3, 0.4) is 0 Å². The van der Waals surface area contributed by atoms with Gasteiger partial charge < -0.3 is 15.5 Å². The standard InChI is InChI=1S/C19H20BrClN2O/c1-24-17-9-8-12(21)11-15(17)18-13(5-2-3-10-22)14-6-4-7-16(20)19(14)23-18/h4,6-9,11,23H,2-3,5,10,22H2,1H3. The number of hydrogen-bond donors (Lipinski definition) is 2. The van der Waals surface area contributed by atoms with Crippen LogP contribution in [0.2, 0.25) is 5.02 Å². The van der Waals surface area contributed by atoms with Gasteiger partial charge in [0.25, 0.3) is 0 Å². The van der Waals surface area contributed by atoms with Crippen LogP contribution in [-0.4, -0.2) is 18.6 Å².